The maximum absolute atomic E-state index is 12.6. The van der Waals surface area contributed by atoms with Crippen molar-refractivity contribution >= 4 is 27.3 Å². The Morgan fingerprint density at radius 1 is 0.839 bits per heavy atom. The summed E-state index contributed by atoms with van der Waals surface area (Å²) in [6.45, 7) is 0. The van der Waals surface area contributed by atoms with Crippen molar-refractivity contribution in [1.29, 1.82) is 0 Å². The number of ether oxygens (including phenoxy) is 1. The molecule has 0 radical (unpaired) electrons. The van der Waals surface area contributed by atoms with Crippen molar-refractivity contribution in [3.63, 3.8) is 0 Å². The van der Waals surface area contributed by atoms with Gasteiger partial charge in [0.1, 0.15) is 5.75 Å². The zero-order valence-electron chi connectivity index (χ0n) is 16.1. The third kappa shape index (κ3) is 5.54. The molecule has 0 aromatic heterocycles. The number of rotatable bonds is 6. The van der Waals surface area contributed by atoms with E-state index in [2.05, 4.69) is 10.0 Å². The lowest BCUT2D eigenvalue weighted by Gasteiger charge is -2.10. The van der Waals surface area contributed by atoms with E-state index in [9.17, 15) is 26.4 Å². The summed E-state index contributed by atoms with van der Waals surface area (Å²) in [4.78, 5) is 12.3. The molecule has 0 atom stereocenters. The lowest BCUT2D eigenvalue weighted by atomic mass is 10.1. The van der Waals surface area contributed by atoms with E-state index in [0.29, 0.717) is 5.75 Å². The minimum atomic E-state index is -4.46. The zero-order chi connectivity index (χ0) is 22.6. The second kappa shape index (κ2) is 8.68. The molecule has 0 bridgehead atoms. The van der Waals surface area contributed by atoms with Gasteiger partial charge in [0.15, 0.2) is 0 Å². The standard InChI is InChI=1S/C21H17F3N2O4S/c1-30-18-10-12-19(13-11-18)31(28,29)26-17-6-2-14(3-7-17)20(27)25-16-8-4-15(5-9-16)21(22,23)24/h2-13,26H,1H3,(H,25,27). The molecule has 0 heterocycles. The summed E-state index contributed by atoms with van der Waals surface area (Å²) in [5.74, 6) is -0.0355. The fraction of sp³-hybridized carbons (Fsp3) is 0.0952. The predicted molar refractivity (Wildman–Crippen MR) is 110 cm³/mol. The maximum Gasteiger partial charge on any atom is 0.416 e. The number of nitrogens with one attached hydrogen (secondary N) is 2. The van der Waals surface area contributed by atoms with Gasteiger partial charge < -0.3 is 10.1 Å². The van der Waals surface area contributed by atoms with Crippen LogP contribution in [0.5, 0.6) is 5.75 Å². The molecule has 1 amide bonds. The minimum Gasteiger partial charge on any atom is -0.497 e. The highest BCUT2D eigenvalue weighted by Gasteiger charge is 2.30. The van der Waals surface area contributed by atoms with Gasteiger partial charge in [0.2, 0.25) is 0 Å². The lowest BCUT2D eigenvalue weighted by molar-refractivity contribution is -0.137. The van der Waals surface area contributed by atoms with E-state index < -0.39 is 27.7 Å². The van der Waals surface area contributed by atoms with E-state index in [1.54, 1.807) is 0 Å². The van der Waals surface area contributed by atoms with Gasteiger partial charge in [0.05, 0.1) is 17.6 Å². The molecule has 0 aliphatic carbocycles. The summed E-state index contributed by atoms with van der Waals surface area (Å²) >= 11 is 0. The highest BCUT2D eigenvalue weighted by molar-refractivity contribution is 7.92. The van der Waals surface area contributed by atoms with Crippen molar-refractivity contribution < 1.29 is 31.1 Å². The number of halogens is 3. The van der Waals surface area contributed by atoms with Gasteiger partial charge >= 0.3 is 6.18 Å². The molecule has 0 saturated carbocycles. The van der Waals surface area contributed by atoms with Gasteiger partial charge in [0.25, 0.3) is 15.9 Å². The van der Waals surface area contributed by atoms with Crippen LogP contribution in [0.15, 0.2) is 77.7 Å². The summed E-state index contributed by atoms with van der Waals surface area (Å²) in [7, 11) is -2.36. The first-order valence-corrected chi connectivity index (χ1v) is 10.3. The van der Waals surface area contributed by atoms with Gasteiger partial charge in [-0.1, -0.05) is 0 Å². The average Bonchev–Trinajstić information content (AvgIpc) is 2.74. The van der Waals surface area contributed by atoms with Crippen LogP contribution in [-0.4, -0.2) is 21.4 Å². The molecule has 6 nitrogen and oxygen atoms in total. The molecule has 0 spiro atoms. The fourth-order valence-corrected chi connectivity index (χ4v) is 3.66. The Morgan fingerprint density at radius 3 is 1.90 bits per heavy atom. The molecular weight excluding hydrogens is 433 g/mol. The van der Waals surface area contributed by atoms with Crippen molar-refractivity contribution in [3.8, 4) is 5.75 Å². The fourth-order valence-electron chi connectivity index (χ4n) is 2.60. The van der Waals surface area contributed by atoms with Crippen molar-refractivity contribution in [2.24, 2.45) is 0 Å². The summed E-state index contributed by atoms with van der Waals surface area (Å²) in [5, 5.41) is 2.48. The highest BCUT2D eigenvalue weighted by Crippen LogP contribution is 2.30. The van der Waals surface area contributed by atoms with Gasteiger partial charge in [-0.2, -0.15) is 13.2 Å². The Morgan fingerprint density at radius 2 is 1.39 bits per heavy atom. The summed E-state index contributed by atoms with van der Waals surface area (Å²) in [6.07, 6.45) is -4.46. The van der Waals surface area contributed by atoms with E-state index in [4.69, 9.17) is 4.74 Å². The van der Waals surface area contributed by atoms with Crippen LogP contribution in [0.3, 0.4) is 0 Å². The Kier molecular flexibility index (Phi) is 6.21. The first-order chi connectivity index (χ1) is 14.6. The molecule has 10 heteroatoms. The number of alkyl halides is 3. The Balaban J connectivity index is 1.67. The van der Waals surface area contributed by atoms with Gasteiger partial charge in [-0.3, -0.25) is 9.52 Å². The largest absolute Gasteiger partial charge is 0.497 e. The number of carbonyl (C=O) groups is 1. The summed E-state index contributed by atoms with van der Waals surface area (Å²) in [5.41, 5.74) is -0.185. The number of carbonyl (C=O) groups excluding carboxylic acids is 1. The van der Waals surface area contributed by atoms with Crippen molar-refractivity contribution in [3.05, 3.63) is 83.9 Å². The van der Waals surface area contributed by atoms with Crippen LogP contribution < -0.4 is 14.8 Å². The van der Waals surface area contributed by atoms with Gasteiger partial charge in [-0.15, -0.1) is 0 Å². The molecule has 0 fully saturated rings. The molecule has 0 aliphatic heterocycles. The van der Waals surface area contributed by atoms with Crippen molar-refractivity contribution in [2.75, 3.05) is 17.1 Å². The quantitative estimate of drug-likeness (QED) is 0.567. The molecule has 0 unspecified atom stereocenters. The van der Waals surface area contributed by atoms with Crippen LogP contribution in [0.4, 0.5) is 24.5 Å². The number of hydrogen-bond donors (Lipinski definition) is 2. The molecule has 3 aromatic rings. The molecule has 0 saturated heterocycles. The SMILES string of the molecule is COc1ccc(S(=O)(=O)Nc2ccc(C(=O)Nc3ccc(C(F)(F)F)cc3)cc2)cc1. The number of methoxy groups -OCH3 is 1. The monoisotopic (exact) mass is 450 g/mol. The highest BCUT2D eigenvalue weighted by atomic mass is 32.2. The number of anilines is 2. The zero-order valence-corrected chi connectivity index (χ0v) is 16.9. The first-order valence-electron chi connectivity index (χ1n) is 8.84. The van der Waals surface area contributed by atoms with Crippen LogP contribution in [0, 0.1) is 0 Å². The van der Waals surface area contributed by atoms with Crippen molar-refractivity contribution in [2.45, 2.75) is 11.1 Å². The topological polar surface area (TPSA) is 84.5 Å². The van der Waals surface area contributed by atoms with E-state index in [-0.39, 0.29) is 21.8 Å². The number of amides is 1. The minimum absolute atomic E-state index is 0.0393. The third-order valence-electron chi connectivity index (χ3n) is 4.24. The van der Waals surface area contributed by atoms with Gasteiger partial charge in [-0.05, 0) is 72.8 Å². The Bertz CT molecular complexity index is 1160. The van der Waals surface area contributed by atoms with E-state index in [1.165, 1.54) is 55.6 Å². The second-order valence-electron chi connectivity index (χ2n) is 6.39. The van der Waals surface area contributed by atoms with Crippen LogP contribution >= 0.6 is 0 Å². The maximum atomic E-state index is 12.6. The molecular formula is C21H17F3N2O4S. The van der Waals surface area contributed by atoms with Crippen molar-refractivity contribution in [1.82, 2.24) is 0 Å². The van der Waals surface area contributed by atoms with E-state index >= 15 is 0 Å². The van der Waals surface area contributed by atoms with E-state index in [0.717, 1.165) is 24.3 Å². The predicted octanol–water partition coefficient (Wildman–Crippen LogP) is 4.77. The van der Waals surface area contributed by atoms with Crippen LogP contribution in [0.25, 0.3) is 0 Å². The molecule has 3 aromatic carbocycles. The number of benzene rings is 3. The normalized spacial score (nSPS) is 11.6. The second-order valence-corrected chi connectivity index (χ2v) is 8.07. The number of hydrogen-bond acceptors (Lipinski definition) is 4. The lowest BCUT2D eigenvalue weighted by Crippen LogP contribution is -2.14. The van der Waals surface area contributed by atoms with Gasteiger partial charge in [-0.25, -0.2) is 8.42 Å². The molecule has 3 rings (SSSR count). The molecule has 31 heavy (non-hydrogen) atoms. The molecule has 2 N–H and O–H groups in total. The Labute approximate surface area is 176 Å². The van der Waals surface area contributed by atoms with E-state index in [1.807, 2.05) is 0 Å². The van der Waals surface area contributed by atoms with Crippen LogP contribution in [0.2, 0.25) is 0 Å². The summed E-state index contributed by atoms with van der Waals surface area (Å²) in [6, 6.07) is 15.5. The smallest absolute Gasteiger partial charge is 0.416 e. The molecule has 162 valence electrons. The van der Waals surface area contributed by atoms with Gasteiger partial charge in [0, 0.05) is 16.9 Å². The average molecular weight is 450 g/mol. The number of sulfonamides is 1. The summed E-state index contributed by atoms with van der Waals surface area (Å²) < 4.78 is 70.1. The third-order valence-corrected chi connectivity index (χ3v) is 5.64. The van der Waals surface area contributed by atoms with Crippen LogP contribution in [-0.2, 0) is 16.2 Å². The Hall–Kier alpha value is -3.53. The van der Waals surface area contributed by atoms with Crippen LogP contribution in [0.1, 0.15) is 15.9 Å². The molecule has 0 aliphatic rings. The first kappa shape index (κ1) is 22.2.